The second-order valence-electron chi connectivity index (χ2n) is 4.05. The topological polar surface area (TPSA) is 72.0 Å². The summed E-state index contributed by atoms with van der Waals surface area (Å²) in [6.07, 6.45) is 2.22. The first kappa shape index (κ1) is 13.5. The molecule has 6 heteroatoms. The van der Waals surface area contributed by atoms with Crippen molar-refractivity contribution in [3.8, 4) is 6.01 Å². The van der Waals surface area contributed by atoms with Crippen molar-refractivity contribution >= 4 is 11.9 Å². The maximum Gasteiger partial charge on any atom is 0.322 e. The van der Waals surface area contributed by atoms with Crippen molar-refractivity contribution in [2.75, 3.05) is 24.3 Å². The molecule has 6 nitrogen and oxygen atoms in total. The molecule has 0 spiro atoms. The number of ether oxygens (including phenoxy) is 1. The zero-order valence-corrected chi connectivity index (χ0v) is 10.9. The van der Waals surface area contributed by atoms with E-state index in [1.54, 1.807) is 7.11 Å². The van der Waals surface area contributed by atoms with Crippen LogP contribution in [-0.4, -0.2) is 34.6 Å². The fraction of sp³-hybridized carbons (Fsp3) is 0.727. The molecule has 17 heavy (non-hydrogen) atoms. The van der Waals surface area contributed by atoms with E-state index in [1.165, 1.54) is 0 Å². The average Bonchev–Trinajstić information content (AvgIpc) is 2.28. The van der Waals surface area contributed by atoms with Crippen LogP contribution in [0.4, 0.5) is 11.9 Å². The number of anilines is 2. The minimum Gasteiger partial charge on any atom is -0.467 e. The van der Waals surface area contributed by atoms with E-state index in [2.05, 4.69) is 32.5 Å². The summed E-state index contributed by atoms with van der Waals surface area (Å²) in [6.45, 7) is 7.05. The van der Waals surface area contributed by atoms with E-state index in [0.717, 1.165) is 19.4 Å². The third-order valence-corrected chi connectivity index (χ3v) is 2.03. The molecule has 0 aliphatic heterocycles. The van der Waals surface area contributed by atoms with Crippen LogP contribution in [0.5, 0.6) is 6.01 Å². The minimum atomic E-state index is 0.269. The van der Waals surface area contributed by atoms with Gasteiger partial charge in [0.2, 0.25) is 11.9 Å². The molecule has 1 aromatic heterocycles. The van der Waals surface area contributed by atoms with Crippen molar-refractivity contribution in [3.05, 3.63) is 0 Å². The van der Waals surface area contributed by atoms with Crippen LogP contribution in [0.25, 0.3) is 0 Å². The van der Waals surface area contributed by atoms with Gasteiger partial charge in [0.1, 0.15) is 0 Å². The maximum absolute atomic E-state index is 5.04. The fourth-order valence-electron chi connectivity index (χ4n) is 1.23. The molecule has 0 aromatic carbocycles. The Hall–Kier alpha value is -1.59. The summed E-state index contributed by atoms with van der Waals surface area (Å²) in [7, 11) is 1.55. The lowest BCUT2D eigenvalue weighted by molar-refractivity contribution is 0.379. The normalized spacial score (nSPS) is 10.4. The number of unbranched alkanes of at least 4 members (excludes halogenated alkanes) is 1. The largest absolute Gasteiger partial charge is 0.467 e. The highest BCUT2D eigenvalue weighted by Gasteiger charge is 2.06. The van der Waals surface area contributed by atoms with E-state index < -0.39 is 0 Å². The highest BCUT2D eigenvalue weighted by molar-refractivity contribution is 5.36. The van der Waals surface area contributed by atoms with Crippen LogP contribution in [0.3, 0.4) is 0 Å². The number of hydrogen-bond acceptors (Lipinski definition) is 6. The highest BCUT2D eigenvalue weighted by atomic mass is 16.5. The monoisotopic (exact) mass is 239 g/mol. The van der Waals surface area contributed by atoms with E-state index in [4.69, 9.17) is 4.74 Å². The van der Waals surface area contributed by atoms with Crippen LogP contribution in [0.15, 0.2) is 0 Å². The van der Waals surface area contributed by atoms with Gasteiger partial charge in [-0.1, -0.05) is 13.3 Å². The molecule has 0 aliphatic carbocycles. The molecule has 0 saturated carbocycles. The Morgan fingerprint density at radius 2 is 1.88 bits per heavy atom. The van der Waals surface area contributed by atoms with Gasteiger partial charge in [-0.2, -0.15) is 15.0 Å². The van der Waals surface area contributed by atoms with Gasteiger partial charge in [-0.3, -0.25) is 0 Å². The molecule has 0 fully saturated rings. The van der Waals surface area contributed by atoms with E-state index in [9.17, 15) is 0 Å². The van der Waals surface area contributed by atoms with Crippen LogP contribution in [0.1, 0.15) is 33.6 Å². The van der Waals surface area contributed by atoms with Crippen molar-refractivity contribution in [2.24, 2.45) is 0 Å². The van der Waals surface area contributed by atoms with Gasteiger partial charge in [0.25, 0.3) is 0 Å². The van der Waals surface area contributed by atoms with Crippen molar-refractivity contribution in [2.45, 2.75) is 39.7 Å². The van der Waals surface area contributed by atoms with Crippen LogP contribution >= 0.6 is 0 Å². The maximum atomic E-state index is 5.04. The third-order valence-electron chi connectivity index (χ3n) is 2.03. The number of hydrogen-bond donors (Lipinski definition) is 2. The Morgan fingerprint density at radius 1 is 1.18 bits per heavy atom. The van der Waals surface area contributed by atoms with Gasteiger partial charge in [-0.25, -0.2) is 0 Å². The smallest absolute Gasteiger partial charge is 0.322 e. The summed E-state index contributed by atoms with van der Waals surface area (Å²) in [5.41, 5.74) is 0. The van der Waals surface area contributed by atoms with Gasteiger partial charge in [0.05, 0.1) is 7.11 Å². The standard InChI is InChI=1S/C11H21N5O/c1-5-6-7-12-9-14-10(13-8(2)3)16-11(15-9)17-4/h8H,5-7H2,1-4H3,(H2,12,13,14,15,16). The second kappa shape index (κ2) is 6.88. The second-order valence-corrected chi connectivity index (χ2v) is 4.05. The molecule has 0 atom stereocenters. The number of aromatic nitrogens is 3. The average molecular weight is 239 g/mol. The van der Waals surface area contributed by atoms with Gasteiger partial charge >= 0.3 is 6.01 Å². The molecule has 1 aromatic rings. The Labute approximate surface area is 102 Å². The molecule has 2 N–H and O–H groups in total. The molecule has 1 rings (SSSR count). The quantitative estimate of drug-likeness (QED) is 0.708. The van der Waals surface area contributed by atoms with Crippen LogP contribution in [0, 0.1) is 0 Å². The van der Waals surface area contributed by atoms with Gasteiger partial charge in [-0.05, 0) is 20.3 Å². The van der Waals surface area contributed by atoms with Crippen LogP contribution < -0.4 is 15.4 Å². The molecule has 0 aliphatic rings. The highest BCUT2D eigenvalue weighted by Crippen LogP contribution is 2.11. The molecule has 0 saturated heterocycles. The predicted octanol–water partition coefficient (Wildman–Crippen LogP) is 1.91. The predicted molar refractivity (Wildman–Crippen MR) is 68.5 cm³/mol. The van der Waals surface area contributed by atoms with Crippen molar-refractivity contribution in [1.82, 2.24) is 15.0 Å². The fourth-order valence-corrected chi connectivity index (χ4v) is 1.23. The minimum absolute atomic E-state index is 0.269. The lowest BCUT2D eigenvalue weighted by Crippen LogP contribution is -2.15. The van der Waals surface area contributed by atoms with Crippen molar-refractivity contribution in [1.29, 1.82) is 0 Å². The zero-order valence-electron chi connectivity index (χ0n) is 10.9. The van der Waals surface area contributed by atoms with Crippen molar-refractivity contribution in [3.63, 3.8) is 0 Å². The van der Waals surface area contributed by atoms with Crippen LogP contribution in [-0.2, 0) is 0 Å². The SMILES string of the molecule is CCCCNc1nc(NC(C)C)nc(OC)n1. The summed E-state index contributed by atoms with van der Waals surface area (Å²) in [5.74, 6) is 1.08. The molecule has 0 bridgehead atoms. The number of nitrogens with one attached hydrogen (secondary N) is 2. The van der Waals surface area contributed by atoms with Gasteiger partial charge < -0.3 is 15.4 Å². The summed E-state index contributed by atoms with van der Waals surface area (Å²) < 4.78 is 5.04. The number of rotatable bonds is 7. The first-order valence-corrected chi connectivity index (χ1v) is 5.96. The molecule has 0 radical (unpaired) electrons. The van der Waals surface area contributed by atoms with Crippen LogP contribution in [0.2, 0.25) is 0 Å². The van der Waals surface area contributed by atoms with Crippen molar-refractivity contribution < 1.29 is 4.74 Å². The first-order valence-electron chi connectivity index (χ1n) is 5.96. The molecule has 0 unspecified atom stereocenters. The molecular weight excluding hydrogens is 218 g/mol. The summed E-state index contributed by atoms with van der Waals surface area (Å²) in [6, 6.07) is 0.591. The molecule has 96 valence electrons. The Morgan fingerprint density at radius 3 is 2.47 bits per heavy atom. The van der Waals surface area contributed by atoms with E-state index in [1.807, 2.05) is 13.8 Å². The number of methoxy groups -OCH3 is 1. The molecule has 0 amide bonds. The Balaban J connectivity index is 2.74. The van der Waals surface area contributed by atoms with Gasteiger partial charge in [0, 0.05) is 12.6 Å². The van der Waals surface area contributed by atoms with E-state index in [-0.39, 0.29) is 6.04 Å². The molecule has 1 heterocycles. The van der Waals surface area contributed by atoms with E-state index >= 15 is 0 Å². The zero-order chi connectivity index (χ0) is 12.7. The lowest BCUT2D eigenvalue weighted by atomic mass is 10.3. The lowest BCUT2D eigenvalue weighted by Gasteiger charge is -2.11. The number of nitrogens with zero attached hydrogens (tertiary/aromatic N) is 3. The summed E-state index contributed by atoms with van der Waals surface area (Å²) in [5, 5.41) is 6.28. The molecular formula is C11H21N5O. The van der Waals surface area contributed by atoms with Gasteiger partial charge in [-0.15, -0.1) is 0 Å². The van der Waals surface area contributed by atoms with E-state index in [0.29, 0.717) is 17.9 Å². The summed E-state index contributed by atoms with van der Waals surface area (Å²) >= 11 is 0. The Kier molecular flexibility index (Phi) is 5.45. The van der Waals surface area contributed by atoms with Gasteiger partial charge in [0.15, 0.2) is 0 Å². The summed E-state index contributed by atoms with van der Waals surface area (Å²) in [4.78, 5) is 12.5. The third kappa shape index (κ3) is 4.84. The first-order chi connectivity index (χ1) is 8.15. The Bertz CT molecular complexity index is 343.